The molecule has 0 heterocycles. The molecule has 1 aliphatic rings. The molecular weight excluding hydrogens is 182 g/mol. The molecule has 0 atom stereocenters. The number of fused-ring (bicyclic) bond motifs is 1. The largest absolute Gasteiger partial charge is 0.330 e. The minimum Gasteiger partial charge on any atom is -0.330 e. The topological polar surface area (TPSA) is 26.0 Å². The molecule has 0 unspecified atom stereocenters. The van der Waals surface area contributed by atoms with Gasteiger partial charge in [-0.2, -0.15) is 0 Å². The maximum absolute atomic E-state index is 5.84. The smallest absolute Gasteiger partial charge is 0.00220 e. The van der Waals surface area contributed by atoms with E-state index in [0.717, 1.165) is 6.42 Å². The zero-order chi connectivity index (χ0) is 11.1. The Bertz CT molecular complexity index is 413. The van der Waals surface area contributed by atoms with Gasteiger partial charge in [0.15, 0.2) is 0 Å². The summed E-state index contributed by atoms with van der Waals surface area (Å²) in [6.45, 7) is 7.28. The van der Waals surface area contributed by atoms with E-state index in [0.29, 0.717) is 6.54 Å². The number of nitrogens with two attached hydrogens (primary N) is 1. The molecule has 0 saturated carbocycles. The van der Waals surface area contributed by atoms with Gasteiger partial charge in [-0.3, -0.25) is 0 Å². The van der Waals surface area contributed by atoms with E-state index in [2.05, 4.69) is 45.0 Å². The first kappa shape index (κ1) is 10.4. The van der Waals surface area contributed by atoms with Crippen LogP contribution in [-0.2, 0) is 6.42 Å². The van der Waals surface area contributed by atoms with Gasteiger partial charge >= 0.3 is 0 Å². The van der Waals surface area contributed by atoms with Crippen LogP contribution in [0.4, 0.5) is 0 Å². The fraction of sp³-hybridized carbons (Fsp3) is 0.429. The highest BCUT2D eigenvalue weighted by atomic mass is 14.6. The van der Waals surface area contributed by atoms with Crippen LogP contribution in [0.15, 0.2) is 24.3 Å². The van der Waals surface area contributed by atoms with Gasteiger partial charge in [0.1, 0.15) is 0 Å². The Labute approximate surface area is 92.0 Å². The molecule has 0 radical (unpaired) electrons. The number of benzene rings is 1. The molecule has 0 aromatic heterocycles. The molecule has 0 aliphatic heterocycles. The first-order valence-corrected chi connectivity index (χ1v) is 5.55. The lowest BCUT2D eigenvalue weighted by Gasteiger charge is -2.25. The zero-order valence-corrected chi connectivity index (χ0v) is 9.80. The molecule has 1 aromatic carbocycles. The van der Waals surface area contributed by atoms with E-state index >= 15 is 0 Å². The number of hydrogen-bond acceptors (Lipinski definition) is 1. The van der Waals surface area contributed by atoms with Gasteiger partial charge in [-0.1, -0.05) is 43.7 Å². The Morgan fingerprint density at radius 2 is 2.07 bits per heavy atom. The minimum atomic E-state index is 0.0963. The van der Waals surface area contributed by atoms with Crippen molar-refractivity contribution in [3.8, 4) is 0 Å². The quantitative estimate of drug-likeness (QED) is 0.782. The second-order valence-electron chi connectivity index (χ2n) is 5.07. The third kappa shape index (κ3) is 1.72. The standard InChI is InChI=1S/C14H19N/c1-10-4-5-11-6-7-13(12(11)8-10)14(2,3)9-15/h4-5,7-8H,6,9,15H2,1-3H3. The summed E-state index contributed by atoms with van der Waals surface area (Å²) in [5, 5.41) is 0. The van der Waals surface area contributed by atoms with E-state index in [1.807, 2.05) is 0 Å². The third-order valence-electron chi connectivity index (χ3n) is 3.32. The average Bonchev–Trinajstić information content (AvgIpc) is 2.61. The number of aryl methyl sites for hydroxylation is 1. The third-order valence-corrected chi connectivity index (χ3v) is 3.32. The first-order valence-electron chi connectivity index (χ1n) is 5.55. The summed E-state index contributed by atoms with van der Waals surface area (Å²) in [5.41, 5.74) is 11.5. The molecule has 80 valence electrons. The van der Waals surface area contributed by atoms with Crippen molar-refractivity contribution in [2.75, 3.05) is 6.54 Å². The van der Waals surface area contributed by atoms with Gasteiger partial charge in [-0.15, -0.1) is 0 Å². The lowest BCUT2D eigenvalue weighted by Crippen LogP contribution is -2.24. The predicted molar refractivity (Wildman–Crippen MR) is 65.7 cm³/mol. The van der Waals surface area contributed by atoms with Crippen molar-refractivity contribution in [2.45, 2.75) is 27.2 Å². The molecule has 2 N–H and O–H groups in total. The van der Waals surface area contributed by atoms with Crippen LogP contribution in [0.5, 0.6) is 0 Å². The summed E-state index contributed by atoms with van der Waals surface area (Å²) in [4.78, 5) is 0. The van der Waals surface area contributed by atoms with Crippen molar-refractivity contribution < 1.29 is 0 Å². The van der Waals surface area contributed by atoms with Crippen LogP contribution in [0.25, 0.3) is 5.57 Å². The molecule has 1 aliphatic carbocycles. The molecule has 1 nitrogen and oxygen atoms in total. The van der Waals surface area contributed by atoms with Gasteiger partial charge in [0.05, 0.1) is 0 Å². The zero-order valence-electron chi connectivity index (χ0n) is 9.80. The van der Waals surface area contributed by atoms with Crippen molar-refractivity contribution in [1.29, 1.82) is 0 Å². The molecule has 0 saturated heterocycles. The summed E-state index contributed by atoms with van der Waals surface area (Å²) in [6, 6.07) is 6.71. The van der Waals surface area contributed by atoms with Crippen LogP contribution >= 0.6 is 0 Å². The van der Waals surface area contributed by atoms with Crippen LogP contribution in [0.2, 0.25) is 0 Å². The average molecular weight is 201 g/mol. The monoisotopic (exact) mass is 201 g/mol. The van der Waals surface area contributed by atoms with E-state index < -0.39 is 0 Å². The van der Waals surface area contributed by atoms with Gasteiger partial charge in [-0.25, -0.2) is 0 Å². The number of rotatable bonds is 2. The Balaban J connectivity index is 2.46. The van der Waals surface area contributed by atoms with Gasteiger partial charge < -0.3 is 5.73 Å². The molecule has 0 fully saturated rings. The summed E-state index contributed by atoms with van der Waals surface area (Å²) in [6.07, 6.45) is 3.39. The second kappa shape index (κ2) is 3.49. The minimum absolute atomic E-state index is 0.0963. The Morgan fingerprint density at radius 3 is 2.73 bits per heavy atom. The van der Waals surface area contributed by atoms with E-state index in [-0.39, 0.29) is 5.41 Å². The van der Waals surface area contributed by atoms with Gasteiger partial charge in [0.25, 0.3) is 0 Å². The van der Waals surface area contributed by atoms with Crippen LogP contribution in [-0.4, -0.2) is 6.54 Å². The van der Waals surface area contributed by atoms with Gasteiger partial charge in [0.2, 0.25) is 0 Å². The normalized spacial score (nSPS) is 15.1. The molecule has 15 heavy (non-hydrogen) atoms. The van der Waals surface area contributed by atoms with Crippen LogP contribution in [0, 0.1) is 12.3 Å². The maximum Gasteiger partial charge on any atom is 0.00220 e. The van der Waals surface area contributed by atoms with Crippen LogP contribution in [0.1, 0.15) is 30.5 Å². The Hall–Kier alpha value is -1.08. The summed E-state index contributed by atoms with van der Waals surface area (Å²) >= 11 is 0. The van der Waals surface area contributed by atoms with E-state index in [1.165, 1.54) is 22.3 Å². The van der Waals surface area contributed by atoms with Gasteiger partial charge in [0, 0.05) is 12.0 Å². The predicted octanol–water partition coefficient (Wildman–Crippen LogP) is 2.92. The number of allylic oxidation sites excluding steroid dienone is 1. The highest BCUT2D eigenvalue weighted by Gasteiger charge is 2.27. The second-order valence-corrected chi connectivity index (χ2v) is 5.07. The number of hydrogen-bond donors (Lipinski definition) is 1. The molecule has 0 amide bonds. The Morgan fingerprint density at radius 1 is 1.33 bits per heavy atom. The van der Waals surface area contributed by atoms with Crippen molar-refractivity contribution >= 4 is 5.57 Å². The fourth-order valence-electron chi connectivity index (χ4n) is 2.19. The lowest BCUT2D eigenvalue weighted by atomic mass is 9.81. The summed E-state index contributed by atoms with van der Waals surface area (Å²) in [5.74, 6) is 0. The van der Waals surface area contributed by atoms with E-state index in [1.54, 1.807) is 0 Å². The molecule has 1 heteroatoms. The molecule has 2 rings (SSSR count). The fourth-order valence-corrected chi connectivity index (χ4v) is 2.19. The summed E-state index contributed by atoms with van der Waals surface area (Å²) in [7, 11) is 0. The lowest BCUT2D eigenvalue weighted by molar-refractivity contribution is 0.516. The van der Waals surface area contributed by atoms with Crippen molar-refractivity contribution in [3.05, 3.63) is 41.0 Å². The SMILES string of the molecule is Cc1ccc2c(c1)C(C(C)(C)CN)=CC2. The van der Waals surface area contributed by atoms with E-state index in [4.69, 9.17) is 5.73 Å². The highest BCUT2D eigenvalue weighted by molar-refractivity contribution is 5.77. The molecule has 1 aromatic rings. The Kier molecular flexibility index (Phi) is 2.43. The molecular formula is C14H19N. The van der Waals surface area contributed by atoms with Crippen LogP contribution < -0.4 is 5.73 Å². The molecule has 0 bridgehead atoms. The van der Waals surface area contributed by atoms with E-state index in [9.17, 15) is 0 Å². The summed E-state index contributed by atoms with van der Waals surface area (Å²) < 4.78 is 0. The van der Waals surface area contributed by atoms with Gasteiger partial charge in [-0.05, 0) is 30.0 Å². The maximum atomic E-state index is 5.84. The molecule has 0 spiro atoms. The van der Waals surface area contributed by atoms with Crippen molar-refractivity contribution in [2.24, 2.45) is 11.1 Å². The highest BCUT2D eigenvalue weighted by Crippen LogP contribution is 2.40. The van der Waals surface area contributed by atoms with Crippen molar-refractivity contribution in [3.63, 3.8) is 0 Å². The van der Waals surface area contributed by atoms with Crippen molar-refractivity contribution in [1.82, 2.24) is 0 Å². The first-order chi connectivity index (χ1) is 7.04. The van der Waals surface area contributed by atoms with Crippen LogP contribution in [0.3, 0.4) is 0 Å².